The van der Waals surface area contributed by atoms with Crippen LogP contribution in [-0.2, 0) is 28.6 Å². The third-order valence-electron chi connectivity index (χ3n) is 13.1. The van der Waals surface area contributed by atoms with Crippen LogP contribution in [0.25, 0.3) is 0 Å². The van der Waals surface area contributed by atoms with Crippen LogP contribution in [0, 0.1) is 0 Å². The van der Waals surface area contributed by atoms with Crippen LogP contribution < -0.4 is 0 Å². The first kappa shape index (κ1) is 65.4. The van der Waals surface area contributed by atoms with Gasteiger partial charge in [0, 0.05) is 19.3 Å². The molecule has 0 N–H and O–H groups in total. The van der Waals surface area contributed by atoms with Gasteiger partial charge in [0.25, 0.3) is 0 Å². The maximum absolute atomic E-state index is 12.8. The van der Waals surface area contributed by atoms with Gasteiger partial charge in [0.15, 0.2) is 6.10 Å². The second-order valence-corrected chi connectivity index (χ2v) is 19.9. The van der Waals surface area contributed by atoms with Crippen molar-refractivity contribution in [2.45, 2.75) is 316 Å². The van der Waals surface area contributed by atoms with E-state index in [1.54, 1.807) is 0 Å². The number of carbonyl (C=O) groups is 3. The van der Waals surface area contributed by atoms with Gasteiger partial charge in [-0.05, 0) is 83.5 Å². The predicted octanol–water partition coefficient (Wildman–Crippen LogP) is 19.8. The number of unbranched alkanes of at least 4 members (excludes halogenated alkanes) is 35. The van der Waals surface area contributed by atoms with Crippen LogP contribution in [0.5, 0.6) is 0 Å². The Bertz CT molecular complexity index is 1190. The lowest BCUT2D eigenvalue weighted by Crippen LogP contribution is -2.30. The second kappa shape index (κ2) is 57.0. The van der Waals surface area contributed by atoms with E-state index in [0.717, 1.165) is 70.6 Å². The molecule has 0 aliphatic carbocycles. The molecule has 6 heteroatoms. The van der Waals surface area contributed by atoms with E-state index in [-0.39, 0.29) is 31.1 Å². The minimum absolute atomic E-state index is 0.0729. The van der Waals surface area contributed by atoms with Gasteiger partial charge >= 0.3 is 17.9 Å². The highest BCUT2D eigenvalue weighted by molar-refractivity contribution is 5.71. The Kier molecular flexibility index (Phi) is 54.8. The van der Waals surface area contributed by atoms with E-state index in [2.05, 4.69) is 69.4 Å². The smallest absolute Gasteiger partial charge is 0.306 e. The molecule has 0 bridgehead atoms. The lowest BCUT2D eigenvalue weighted by molar-refractivity contribution is -0.167. The van der Waals surface area contributed by atoms with Crippen LogP contribution in [0.15, 0.2) is 48.6 Å². The number of esters is 3. The number of hydrogen-bond acceptors (Lipinski definition) is 6. The lowest BCUT2D eigenvalue weighted by atomic mass is 10.0. The summed E-state index contributed by atoms with van der Waals surface area (Å²) in [6, 6.07) is 0. The van der Waals surface area contributed by atoms with Gasteiger partial charge in [-0.15, -0.1) is 0 Å². The quantitative estimate of drug-likeness (QED) is 0.0262. The molecule has 0 amide bonds. The Balaban J connectivity index is 4.20. The van der Waals surface area contributed by atoms with Crippen molar-refractivity contribution in [3.05, 3.63) is 48.6 Å². The van der Waals surface area contributed by atoms with Crippen LogP contribution in [0.4, 0.5) is 0 Å². The molecule has 0 fully saturated rings. The molecule has 68 heavy (non-hydrogen) atoms. The van der Waals surface area contributed by atoms with Gasteiger partial charge in [0.1, 0.15) is 13.2 Å². The van der Waals surface area contributed by atoms with E-state index in [9.17, 15) is 14.4 Å². The molecule has 0 aromatic rings. The third-order valence-corrected chi connectivity index (χ3v) is 13.1. The van der Waals surface area contributed by atoms with Crippen LogP contribution in [0.1, 0.15) is 310 Å². The summed E-state index contributed by atoms with van der Waals surface area (Å²) in [6.07, 6.45) is 69.7. The molecule has 0 saturated heterocycles. The minimum Gasteiger partial charge on any atom is -0.462 e. The minimum atomic E-state index is -0.773. The Hall–Kier alpha value is -2.63. The molecule has 0 radical (unpaired) electrons. The molecule has 396 valence electrons. The van der Waals surface area contributed by atoms with Gasteiger partial charge in [-0.25, -0.2) is 0 Å². The van der Waals surface area contributed by atoms with Crippen molar-refractivity contribution in [1.82, 2.24) is 0 Å². The molecule has 0 aromatic heterocycles. The second-order valence-electron chi connectivity index (χ2n) is 19.9. The number of rotatable bonds is 54. The van der Waals surface area contributed by atoms with Gasteiger partial charge in [0.05, 0.1) is 0 Å². The first-order valence-electron chi connectivity index (χ1n) is 29.6. The molecule has 6 nitrogen and oxygen atoms in total. The van der Waals surface area contributed by atoms with E-state index < -0.39 is 6.10 Å². The molecule has 0 aliphatic rings. The number of hydrogen-bond donors (Lipinski definition) is 0. The van der Waals surface area contributed by atoms with Gasteiger partial charge in [0.2, 0.25) is 0 Å². The Labute approximate surface area is 422 Å². The fourth-order valence-electron chi connectivity index (χ4n) is 8.56. The normalized spacial score (nSPS) is 12.3. The summed E-state index contributed by atoms with van der Waals surface area (Å²) in [6.45, 7) is 6.60. The van der Waals surface area contributed by atoms with Gasteiger partial charge in [-0.1, -0.05) is 256 Å². The van der Waals surface area contributed by atoms with E-state index >= 15 is 0 Å². The highest BCUT2D eigenvalue weighted by Gasteiger charge is 2.19. The van der Waals surface area contributed by atoms with E-state index in [1.807, 2.05) is 0 Å². The SMILES string of the molecule is CCCCC/C=C\C/C=C\CCCCCCCCCCCC(=O)OC(COC(=O)CCCCCCCCCC)COC(=O)CCCCCCCCCCCCC/C=C\C/C=C\CCCCCCC. The summed E-state index contributed by atoms with van der Waals surface area (Å²) >= 11 is 0. The molecule has 0 spiro atoms. The molecule has 1 atom stereocenters. The van der Waals surface area contributed by atoms with Crippen LogP contribution in [0.2, 0.25) is 0 Å². The summed E-state index contributed by atoms with van der Waals surface area (Å²) in [5.74, 6) is -0.870. The number of ether oxygens (including phenoxy) is 3. The summed E-state index contributed by atoms with van der Waals surface area (Å²) < 4.78 is 16.8. The number of carbonyl (C=O) groups excluding carboxylic acids is 3. The Morgan fingerprint density at radius 3 is 0.838 bits per heavy atom. The molecule has 0 rings (SSSR count). The molecule has 0 saturated carbocycles. The third kappa shape index (κ3) is 54.3. The highest BCUT2D eigenvalue weighted by Crippen LogP contribution is 2.16. The van der Waals surface area contributed by atoms with Crippen molar-refractivity contribution < 1.29 is 28.6 Å². The number of allylic oxidation sites excluding steroid dienone is 8. The lowest BCUT2D eigenvalue weighted by Gasteiger charge is -2.18. The van der Waals surface area contributed by atoms with Crippen molar-refractivity contribution in [2.24, 2.45) is 0 Å². The van der Waals surface area contributed by atoms with Crippen molar-refractivity contribution >= 4 is 17.9 Å². The first-order chi connectivity index (χ1) is 33.5. The van der Waals surface area contributed by atoms with Crippen molar-refractivity contribution in [3.63, 3.8) is 0 Å². The van der Waals surface area contributed by atoms with Crippen molar-refractivity contribution in [1.29, 1.82) is 0 Å². The van der Waals surface area contributed by atoms with E-state index in [4.69, 9.17) is 14.2 Å². The highest BCUT2D eigenvalue weighted by atomic mass is 16.6. The summed E-state index contributed by atoms with van der Waals surface area (Å²) in [4.78, 5) is 38.0. The maximum atomic E-state index is 12.8. The molecule has 0 aromatic carbocycles. The molecule has 0 heterocycles. The van der Waals surface area contributed by atoms with E-state index in [0.29, 0.717) is 19.3 Å². The molecule has 0 aliphatic heterocycles. The molecule has 1 unspecified atom stereocenters. The topological polar surface area (TPSA) is 78.9 Å². The zero-order valence-corrected chi connectivity index (χ0v) is 45.4. The first-order valence-corrected chi connectivity index (χ1v) is 29.6. The monoisotopic (exact) mass is 953 g/mol. The molecular weight excluding hydrogens is 841 g/mol. The zero-order chi connectivity index (χ0) is 49.3. The predicted molar refractivity (Wildman–Crippen MR) is 293 cm³/mol. The van der Waals surface area contributed by atoms with Crippen molar-refractivity contribution in [2.75, 3.05) is 13.2 Å². The van der Waals surface area contributed by atoms with Crippen LogP contribution in [-0.4, -0.2) is 37.2 Å². The largest absolute Gasteiger partial charge is 0.462 e. The molecular formula is C62H112O6. The standard InChI is InChI=1S/C62H112O6/c1-4-7-10-13-16-19-21-23-25-27-29-30-31-32-34-35-37-39-41-43-46-49-52-55-61(64)67-58-59(57-66-60(63)54-51-48-45-18-15-12-9-6-3)68-62(65)56-53-50-47-44-42-40-38-36-33-28-26-24-22-20-17-14-11-8-5-2/h17,20-21,23-24,26-27,29,59H,4-16,18-19,22,25,28,30-58H2,1-3H3/b20-17-,23-21-,26-24-,29-27-. The Morgan fingerprint density at radius 1 is 0.294 bits per heavy atom. The van der Waals surface area contributed by atoms with Gasteiger partial charge < -0.3 is 14.2 Å². The fraction of sp³-hybridized carbons (Fsp3) is 0.823. The van der Waals surface area contributed by atoms with Crippen LogP contribution in [0.3, 0.4) is 0 Å². The summed E-state index contributed by atoms with van der Waals surface area (Å²) in [5, 5.41) is 0. The maximum Gasteiger partial charge on any atom is 0.306 e. The fourth-order valence-corrected chi connectivity index (χ4v) is 8.56. The summed E-state index contributed by atoms with van der Waals surface area (Å²) in [7, 11) is 0. The van der Waals surface area contributed by atoms with E-state index in [1.165, 1.54) is 199 Å². The zero-order valence-electron chi connectivity index (χ0n) is 45.4. The summed E-state index contributed by atoms with van der Waals surface area (Å²) in [5.41, 5.74) is 0. The average molecular weight is 954 g/mol. The van der Waals surface area contributed by atoms with Gasteiger partial charge in [-0.3, -0.25) is 14.4 Å². The van der Waals surface area contributed by atoms with Crippen molar-refractivity contribution in [3.8, 4) is 0 Å². The average Bonchev–Trinajstić information content (AvgIpc) is 3.34. The van der Waals surface area contributed by atoms with Crippen LogP contribution >= 0.6 is 0 Å². The van der Waals surface area contributed by atoms with Gasteiger partial charge in [-0.2, -0.15) is 0 Å². The Morgan fingerprint density at radius 2 is 0.529 bits per heavy atom.